The number of nitrogens with one attached hydrogen (secondary N) is 1. The Morgan fingerprint density at radius 3 is 3.06 bits per heavy atom. The number of ether oxygens (including phenoxy) is 1. The Hall–Kier alpha value is -1.88. The molecule has 2 aromatic rings. The summed E-state index contributed by atoms with van der Waals surface area (Å²) in [5.41, 5.74) is 1.65. The van der Waals surface area contributed by atoms with Gasteiger partial charge < -0.3 is 14.8 Å². The number of nitrogens with zero attached hydrogens (tertiary/aromatic N) is 1. The van der Waals surface area contributed by atoms with E-state index < -0.39 is 0 Å². The van der Waals surface area contributed by atoms with Crippen molar-refractivity contribution in [1.29, 1.82) is 0 Å². The predicted molar refractivity (Wildman–Crippen MR) is 59.7 cm³/mol. The molecule has 5 nitrogen and oxygen atoms in total. The summed E-state index contributed by atoms with van der Waals surface area (Å²) in [6.07, 6.45) is 2.02. The molecule has 0 aliphatic heterocycles. The first-order chi connectivity index (χ1) is 7.76. The first-order valence-electron chi connectivity index (χ1n) is 4.92. The molecule has 16 heavy (non-hydrogen) atoms. The first kappa shape index (κ1) is 10.6. The zero-order valence-corrected chi connectivity index (χ0v) is 8.86. The number of aliphatic hydroxyl groups is 1. The molecule has 2 N–H and O–H groups in total. The van der Waals surface area contributed by atoms with Gasteiger partial charge in [-0.2, -0.15) is 0 Å². The lowest BCUT2D eigenvalue weighted by molar-refractivity contribution is 0.299. The summed E-state index contributed by atoms with van der Waals surface area (Å²) in [6, 6.07) is 3.13. The fourth-order valence-electron chi connectivity index (χ4n) is 1.61. The van der Waals surface area contributed by atoms with Crippen molar-refractivity contribution in [3.63, 3.8) is 0 Å². The Labute approximate surface area is 91.7 Å². The van der Waals surface area contributed by atoms with E-state index in [2.05, 4.69) is 9.97 Å². The summed E-state index contributed by atoms with van der Waals surface area (Å²) in [7, 11) is 1.49. The second-order valence-electron chi connectivity index (χ2n) is 3.36. The van der Waals surface area contributed by atoms with E-state index in [1.54, 1.807) is 12.3 Å². The summed E-state index contributed by atoms with van der Waals surface area (Å²) in [4.78, 5) is 18.7. The topological polar surface area (TPSA) is 75.2 Å². The van der Waals surface area contributed by atoms with E-state index in [0.717, 1.165) is 5.56 Å². The van der Waals surface area contributed by atoms with Crippen LogP contribution in [-0.2, 0) is 6.42 Å². The van der Waals surface area contributed by atoms with Gasteiger partial charge >= 0.3 is 0 Å². The number of methoxy groups -OCH3 is 1. The quantitative estimate of drug-likeness (QED) is 0.788. The molecule has 2 rings (SSSR count). The maximum atomic E-state index is 11.6. The first-order valence-corrected chi connectivity index (χ1v) is 4.92. The molecule has 0 amide bonds. The molecule has 0 fully saturated rings. The number of aromatic nitrogens is 2. The Kier molecular flexibility index (Phi) is 2.87. The van der Waals surface area contributed by atoms with Crippen LogP contribution in [0.1, 0.15) is 5.56 Å². The van der Waals surface area contributed by atoms with Crippen LogP contribution in [0.4, 0.5) is 0 Å². The Balaban J connectivity index is 2.76. The van der Waals surface area contributed by atoms with Gasteiger partial charge in [0.1, 0.15) is 5.52 Å². The minimum atomic E-state index is -0.160. The standard InChI is InChI=1S/C11H12N2O3/c1-16-9-6-7(3-5-14)10-11(13-9)8(15)2-4-12-10/h2,4,6,14H,3,5H2,1H3,(H,12,15). The third-order valence-corrected chi connectivity index (χ3v) is 2.36. The molecule has 0 spiro atoms. The van der Waals surface area contributed by atoms with Crippen molar-refractivity contribution < 1.29 is 9.84 Å². The largest absolute Gasteiger partial charge is 0.481 e. The van der Waals surface area contributed by atoms with E-state index in [1.165, 1.54) is 13.2 Å². The Bertz CT molecular complexity index is 563. The van der Waals surface area contributed by atoms with Crippen molar-refractivity contribution in [3.8, 4) is 5.88 Å². The number of H-pyrrole nitrogens is 1. The van der Waals surface area contributed by atoms with Crippen molar-refractivity contribution in [2.45, 2.75) is 6.42 Å². The molecule has 0 bridgehead atoms. The molecule has 0 unspecified atom stereocenters. The van der Waals surface area contributed by atoms with Crippen molar-refractivity contribution in [2.24, 2.45) is 0 Å². The summed E-state index contributed by atoms with van der Waals surface area (Å²) in [5, 5.41) is 8.96. The maximum Gasteiger partial charge on any atom is 0.214 e. The lowest BCUT2D eigenvalue weighted by atomic mass is 10.1. The average molecular weight is 220 g/mol. The third-order valence-electron chi connectivity index (χ3n) is 2.36. The number of fused-ring (bicyclic) bond motifs is 1. The van der Waals surface area contributed by atoms with Crippen LogP contribution in [0.2, 0.25) is 0 Å². The summed E-state index contributed by atoms with van der Waals surface area (Å²) in [6.45, 7) is 0.0131. The highest BCUT2D eigenvalue weighted by Crippen LogP contribution is 2.18. The van der Waals surface area contributed by atoms with E-state index in [-0.39, 0.29) is 12.0 Å². The van der Waals surface area contributed by atoms with Crippen LogP contribution < -0.4 is 10.2 Å². The van der Waals surface area contributed by atoms with Gasteiger partial charge in [0.05, 0.1) is 12.6 Å². The average Bonchev–Trinajstić information content (AvgIpc) is 2.30. The van der Waals surface area contributed by atoms with Crippen LogP contribution in [0.15, 0.2) is 23.1 Å². The number of pyridine rings is 2. The maximum absolute atomic E-state index is 11.6. The summed E-state index contributed by atoms with van der Waals surface area (Å²) in [5.74, 6) is 0.382. The van der Waals surface area contributed by atoms with Crippen LogP contribution in [0, 0.1) is 0 Å². The smallest absolute Gasteiger partial charge is 0.214 e. The van der Waals surface area contributed by atoms with Gasteiger partial charge in [-0.1, -0.05) is 0 Å². The molecule has 5 heteroatoms. The molecule has 0 radical (unpaired) electrons. The molecule has 2 aromatic heterocycles. The van der Waals surface area contributed by atoms with Gasteiger partial charge in [-0.3, -0.25) is 4.79 Å². The highest BCUT2D eigenvalue weighted by Gasteiger charge is 2.08. The molecule has 0 saturated heterocycles. The Morgan fingerprint density at radius 2 is 2.38 bits per heavy atom. The second kappa shape index (κ2) is 4.32. The van der Waals surface area contributed by atoms with Gasteiger partial charge in [-0.15, -0.1) is 0 Å². The van der Waals surface area contributed by atoms with Crippen LogP contribution in [0.3, 0.4) is 0 Å². The third kappa shape index (κ3) is 1.77. The molecule has 0 aromatic carbocycles. The zero-order chi connectivity index (χ0) is 11.5. The minimum Gasteiger partial charge on any atom is -0.481 e. The lowest BCUT2D eigenvalue weighted by Gasteiger charge is -2.06. The predicted octanol–water partition coefficient (Wildman–Crippen LogP) is 0.466. The molecule has 84 valence electrons. The van der Waals surface area contributed by atoms with E-state index in [0.29, 0.717) is 23.3 Å². The highest BCUT2D eigenvalue weighted by atomic mass is 16.5. The fourth-order valence-corrected chi connectivity index (χ4v) is 1.61. The summed E-state index contributed by atoms with van der Waals surface area (Å²) >= 11 is 0. The van der Waals surface area contributed by atoms with Crippen molar-refractivity contribution >= 4 is 11.0 Å². The molecule has 0 aliphatic rings. The van der Waals surface area contributed by atoms with Crippen LogP contribution in [0.25, 0.3) is 11.0 Å². The van der Waals surface area contributed by atoms with Crippen molar-refractivity contribution in [1.82, 2.24) is 9.97 Å². The van der Waals surface area contributed by atoms with E-state index in [1.807, 2.05) is 0 Å². The fraction of sp³-hybridized carbons (Fsp3) is 0.273. The number of rotatable bonds is 3. The normalized spacial score (nSPS) is 10.6. The number of aromatic amines is 1. The summed E-state index contributed by atoms with van der Waals surface area (Å²) < 4.78 is 5.02. The van der Waals surface area contributed by atoms with Crippen molar-refractivity contribution in [2.75, 3.05) is 13.7 Å². The van der Waals surface area contributed by atoms with Gasteiger partial charge in [-0.25, -0.2) is 4.98 Å². The van der Waals surface area contributed by atoms with Crippen LogP contribution in [-0.4, -0.2) is 28.8 Å². The van der Waals surface area contributed by atoms with Gasteiger partial charge in [0.15, 0.2) is 0 Å². The lowest BCUT2D eigenvalue weighted by Crippen LogP contribution is -2.06. The number of hydrogen-bond acceptors (Lipinski definition) is 4. The van der Waals surface area contributed by atoms with Crippen LogP contribution >= 0.6 is 0 Å². The van der Waals surface area contributed by atoms with Gasteiger partial charge in [0.25, 0.3) is 0 Å². The second-order valence-corrected chi connectivity index (χ2v) is 3.36. The molecular formula is C11H12N2O3. The van der Waals surface area contributed by atoms with Gasteiger partial charge in [0, 0.05) is 24.9 Å². The molecule has 0 aliphatic carbocycles. The molecule has 0 saturated carbocycles. The van der Waals surface area contributed by atoms with Crippen molar-refractivity contribution in [3.05, 3.63) is 34.1 Å². The Morgan fingerprint density at radius 1 is 1.56 bits per heavy atom. The van der Waals surface area contributed by atoms with E-state index in [4.69, 9.17) is 9.84 Å². The monoisotopic (exact) mass is 220 g/mol. The van der Waals surface area contributed by atoms with E-state index >= 15 is 0 Å². The molecular weight excluding hydrogens is 208 g/mol. The zero-order valence-electron chi connectivity index (χ0n) is 8.86. The van der Waals surface area contributed by atoms with Gasteiger partial charge in [-0.05, 0) is 12.0 Å². The van der Waals surface area contributed by atoms with Crippen LogP contribution in [0.5, 0.6) is 5.88 Å². The van der Waals surface area contributed by atoms with E-state index in [9.17, 15) is 4.79 Å². The minimum absolute atomic E-state index is 0.0131. The number of hydrogen-bond donors (Lipinski definition) is 2. The highest BCUT2D eigenvalue weighted by molar-refractivity contribution is 5.78. The SMILES string of the molecule is COc1cc(CCO)c2[nH]ccc(=O)c2n1. The molecule has 2 heterocycles. The number of aliphatic hydroxyl groups excluding tert-OH is 1. The molecule has 0 atom stereocenters. The van der Waals surface area contributed by atoms with Gasteiger partial charge in [0.2, 0.25) is 11.3 Å².